The summed E-state index contributed by atoms with van der Waals surface area (Å²) in [7, 11) is -3.88. The molecule has 5 nitrogen and oxygen atoms in total. The molecule has 132 valence electrons. The minimum absolute atomic E-state index is 0.0547. The summed E-state index contributed by atoms with van der Waals surface area (Å²) < 4.78 is 27.9. The van der Waals surface area contributed by atoms with Crippen molar-refractivity contribution in [3.05, 3.63) is 95.6 Å². The van der Waals surface area contributed by atoms with E-state index < -0.39 is 10.0 Å². The maximum Gasteiger partial charge on any atom is 0.264 e. The number of hydrogen-bond donors (Lipinski definition) is 0. The summed E-state index contributed by atoms with van der Waals surface area (Å²) in [6.07, 6.45) is 0. The standard InChI is InChI=1S/C21H15N3O2S/c22-14-17-9-11-18(12-10-17)16-24(20-6-2-1-3-7-20)27(25,26)21-8-4-5-19(13-21)15-23/h1-13H,16H2. The highest BCUT2D eigenvalue weighted by Gasteiger charge is 2.25. The topological polar surface area (TPSA) is 85.0 Å². The quantitative estimate of drug-likeness (QED) is 0.680. The number of benzene rings is 3. The van der Waals surface area contributed by atoms with Gasteiger partial charge in [-0.3, -0.25) is 4.31 Å². The van der Waals surface area contributed by atoms with E-state index in [0.29, 0.717) is 11.3 Å². The summed E-state index contributed by atoms with van der Waals surface area (Å²) in [5, 5.41) is 18.0. The molecule has 0 aliphatic heterocycles. The van der Waals surface area contributed by atoms with Gasteiger partial charge in [-0.1, -0.05) is 36.4 Å². The molecular formula is C21H15N3O2S. The first-order valence-corrected chi connectivity index (χ1v) is 9.55. The molecule has 0 aliphatic carbocycles. The zero-order valence-electron chi connectivity index (χ0n) is 14.3. The second-order valence-electron chi connectivity index (χ2n) is 5.80. The van der Waals surface area contributed by atoms with E-state index in [1.54, 1.807) is 60.7 Å². The first kappa shape index (κ1) is 18.2. The van der Waals surface area contributed by atoms with Crippen molar-refractivity contribution < 1.29 is 8.42 Å². The summed E-state index contributed by atoms with van der Waals surface area (Å²) in [5.74, 6) is 0. The Balaban J connectivity index is 2.06. The van der Waals surface area contributed by atoms with Gasteiger partial charge >= 0.3 is 0 Å². The second-order valence-corrected chi connectivity index (χ2v) is 7.66. The van der Waals surface area contributed by atoms with Gasteiger partial charge in [-0.25, -0.2) is 8.42 Å². The van der Waals surface area contributed by atoms with Gasteiger partial charge in [-0.15, -0.1) is 0 Å². The van der Waals surface area contributed by atoms with Crippen LogP contribution in [0.3, 0.4) is 0 Å². The first-order chi connectivity index (χ1) is 13.0. The van der Waals surface area contributed by atoms with Crippen LogP contribution in [0.4, 0.5) is 5.69 Å². The van der Waals surface area contributed by atoms with Crippen molar-refractivity contribution in [2.45, 2.75) is 11.4 Å². The number of anilines is 1. The van der Waals surface area contributed by atoms with Crippen LogP contribution in [0.25, 0.3) is 0 Å². The molecule has 0 aliphatic rings. The molecule has 3 aromatic carbocycles. The van der Waals surface area contributed by atoms with Crippen molar-refractivity contribution in [2.75, 3.05) is 4.31 Å². The molecule has 3 rings (SSSR count). The average Bonchev–Trinajstić information content (AvgIpc) is 2.73. The molecule has 0 N–H and O–H groups in total. The van der Waals surface area contributed by atoms with Crippen molar-refractivity contribution >= 4 is 15.7 Å². The monoisotopic (exact) mass is 373 g/mol. The van der Waals surface area contributed by atoms with Crippen LogP contribution in [0.5, 0.6) is 0 Å². The normalized spacial score (nSPS) is 10.6. The lowest BCUT2D eigenvalue weighted by Gasteiger charge is -2.25. The fraction of sp³-hybridized carbons (Fsp3) is 0.0476. The Bertz CT molecular complexity index is 1130. The molecule has 6 heteroatoms. The summed E-state index contributed by atoms with van der Waals surface area (Å²) in [5.41, 5.74) is 2.05. The van der Waals surface area contributed by atoms with Crippen LogP contribution >= 0.6 is 0 Å². The molecule has 0 saturated heterocycles. The van der Waals surface area contributed by atoms with Crippen molar-refractivity contribution in [3.63, 3.8) is 0 Å². The molecule has 0 bridgehead atoms. The highest BCUT2D eigenvalue weighted by atomic mass is 32.2. The van der Waals surface area contributed by atoms with Crippen LogP contribution in [-0.2, 0) is 16.6 Å². The predicted octanol–water partition coefficient (Wildman–Crippen LogP) is 3.83. The van der Waals surface area contributed by atoms with Crippen LogP contribution in [0.1, 0.15) is 16.7 Å². The van der Waals surface area contributed by atoms with Crippen LogP contribution < -0.4 is 4.31 Å². The van der Waals surface area contributed by atoms with Gasteiger partial charge in [0.05, 0.1) is 40.4 Å². The van der Waals surface area contributed by atoms with Crippen LogP contribution in [-0.4, -0.2) is 8.42 Å². The minimum Gasteiger partial charge on any atom is -0.262 e. The smallest absolute Gasteiger partial charge is 0.262 e. The Morgan fingerprint density at radius 1 is 0.778 bits per heavy atom. The molecule has 0 atom stereocenters. The molecule has 0 fully saturated rings. The summed E-state index contributed by atoms with van der Waals surface area (Å²) in [4.78, 5) is 0.0547. The van der Waals surface area contributed by atoms with Crippen molar-refractivity contribution in [3.8, 4) is 12.1 Å². The second kappa shape index (κ2) is 7.74. The van der Waals surface area contributed by atoms with Crippen LogP contribution in [0.2, 0.25) is 0 Å². The number of hydrogen-bond acceptors (Lipinski definition) is 4. The zero-order valence-corrected chi connectivity index (χ0v) is 15.1. The first-order valence-electron chi connectivity index (χ1n) is 8.11. The Hall–Kier alpha value is -3.61. The Labute approximate surface area is 158 Å². The van der Waals surface area contributed by atoms with Gasteiger partial charge in [0.15, 0.2) is 0 Å². The number of para-hydroxylation sites is 1. The summed E-state index contributed by atoms with van der Waals surface area (Å²) in [6.45, 7) is 0.106. The van der Waals surface area contributed by atoms with Crippen molar-refractivity contribution in [1.29, 1.82) is 10.5 Å². The molecular weight excluding hydrogens is 358 g/mol. The van der Waals surface area contributed by atoms with Gasteiger partial charge in [-0.2, -0.15) is 10.5 Å². The lowest BCUT2D eigenvalue weighted by Crippen LogP contribution is -2.30. The van der Waals surface area contributed by atoms with Crippen molar-refractivity contribution in [2.24, 2.45) is 0 Å². The highest BCUT2D eigenvalue weighted by Crippen LogP contribution is 2.26. The molecule has 0 spiro atoms. The highest BCUT2D eigenvalue weighted by molar-refractivity contribution is 7.92. The van der Waals surface area contributed by atoms with E-state index in [2.05, 4.69) is 0 Å². The maximum atomic E-state index is 13.3. The third-order valence-electron chi connectivity index (χ3n) is 4.00. The predicted molar refractivity (Wildman–Crippen MR) is 102 cm³/mol. The molecule has 0 unspecified atom stereocenters. The SMILES string of the molecule is N#Cc1ccc(CN(c2ccccc2)S(=O)(=O)c2cccc(C#N)c2)cc1. The molecule has 0 amide bonds. The Morgan fingerprint density at radius 3 is 2.07 bits per heavy atom. The molecule has 0 heterocycles. The van der Waals surface area contributed by atoms with E-state index in [1.165, 1.54) is 16.4 Å². The summed E-state index contributed by atoms with van der Waals surface area (Å²) >= 11 is 0. The van der Waals surface area contributed by atoms with E-state index in [1.807, 2.05) is 18.2 Å². The molecule has 0 saturated carbocycles. The fourth-order valence-electron chi connectivity index (χ4n) is 2.61. The lowest BCUT2D eigenvalue weighted by atomic mass is 10.1. The average molecular weight is 373 g/mol. The number of nitriles is 2. The maximum absolute atomic E-state index is 13.3. The van der Waals surface area contributed by atoms with E-state index in [-0.39, 0.29) is 17.0 Å². The van der Waals surface area contributed by atoms with E-state index >= 15 is 0 Å². The largest absolute Gasteiger partial charge is 0.264 e. The molecule has 3 aromatic rings. The summed E-state index contributed by atoms with van der Waals surface area (Å²) in [6, 6.07) is 25.5. The Morgan fingerprint density at radius 2 is 1.44 bits per heavy atom. The van der Waals surface area contributed by atoms with Gasteiger partial charge in [0.1, 0.15) is 0 Å². The third-order valence-corrected chi connectivity index (χ3v) is 5.77. The third kappa shape index (κ3) is 3.98. The Kier molecular flexibility index (Phi) is 5.21. The van der Waals surface area contributed by atoms with Gasteiger partial charge in [0.2, 0.25) is 0 Å². The van der Waals surface area contributed by atoms with Crippen LogP contribution in [0.15, 0.2) is 83.8 Å². The van der Waals surface area contributed by atoms with E-state index in [0.717, 1.165) is 5.56 Å². The van der Waals surface area contributed by atoms with Gasteiger partial charge in [0.25, 0.3) is 10.0 Å². The number of nitrogens with zero attached hydrogens (tertiary/aromatic N) is 3. The molecule has 27 heavy (non-hydrogen) atoms. The van der Waals surface area contributed by atoms with Gasteiger partial charge in [0, 0.05) is 0 Å². The minimum atomic E-state index is -3.88. The van der Waals surface area contributed by atoms with Gasteiger partial charge in [-0.05, 0) is 48.0 Å². The van der Waals surface area contributed by atoms with E-state index in [4.69, 9.17) is 10.5 Å². The number of sulfonamides is 1. The van der Waals surface area contributed by atoms with Crippen molar-refractivity contribution in [1.82, 2.24) is 0 Å². The van der Waals surface area contributed by atoms with E-state index in [9.17, 15) is 8.42 Å². The number of rotatable bonds is 5. The molecule has 0 radical (unpaired) electrons. The molecule has 0 aromatic heterocycles. The van der Waals surface area contributed by atoms with Crippen LogP contribution in [0, 0.1) is 22.7 Å². The lowest BCUT2D eigenvalue weighted by molar-refractivity contribution is 0.590. The fourth-order valence-corrected chi connectivity index (χ4v) is 4.11. The zero-order chi connectivity index (χ0) is 19.3. The van der Waals surface area contributed by atoms with Gasteiger partial charge < -0.3 is 0 Å².